The normalized spacial score (nSPS) is 38.0. The Balaban J connectivity index is 1.87. The number of hydrogen-bond donors (Lipinski definition) is 1. The number of nitrogens with one attached hydrogen (secondary N) is 1. The molecule has 0 aromatic carbocycles. The van der Waals surface area contributed by atoms with Gasteiger partial charge in [-0.05, 0) is 51.1 Å². The van der Waals surface area contributed by atoms with Crippen LogP contribution in [-0.4, -0.2) is 36.6 Å². The first kappa shape index (κ1) is 11.4. The molecule has 0 saturated carbocycles. The van der Waals surface area contributed by atoms with Gasteiger partial charge in [-0.3, -0.25) is 4.90 Å². The Morgan fingerprint density at radius 1 is 1.33 bits per heavy atom. The quantitative estimate of drug-likeness (QED) is 0.767. The molecule has 2 rings (SSSR count). The predicted molar refractivity (Wildman–Crippen MR) is 65.0 cm³/mol. The molecule has 0 bridgehead atoms. The molecule has 2 fully saturated rings. The van der Waals surface area contributed by atoms with Crippen LogP contribution in [0.1, 0.15) is 40.0 Å². The molecule has 2 aliphatic heterocycles. The number of likely N-dealkylation sites (tertiary alicyclic amines) is 1. The van der Waals surface area contributed by atoms with Crippen molar-refractivity contribution in [1.82, 2.24) is 10.2 Å². The summed E-state index contributed by atoms with van der Waals surface area (Å²) in [5, 5.41) is 3.56. The van der Waals surface area contributed by atoms with Gasteiger partial charge in [0.15, 0.2) is 0 Å². The minimum Gasteiger partial charge on any atom is -0.314 e. The SMILES string of the molecule is CC(C)C1CCCN1CC1CCNC1C. The van der Waals surface area contributed by atoms with Gasteiger partial charge in [-0.15, -0.1) is 0 Å². The Morgan fingerprint density at radius 2 is 2.13 bits per heavy atom. The lowest BCUT2D eigenvalue weighted by atomic mass is 9.98. The van der Waals surface area contributed by atoms with Gasteiger partial charge in [0.1, 0.15) is 0 Å². The van der Waals surface area contributed by atoms with E-state index in [4.69, 9.17) is 0 Å². The second-order valence-corrected chi connectivity index (χ2v) is 5.74. The maximum atomic E-state index is 3.56. The molecule has 3 atom stereocenters. The third kappa shape index (κ3) is 2.54. The van der Waals surface area contributed by atoms with E-state index in [1.807, 2.05) is 0 Å². The van der Waals surface area contributed by atoms with E-state index in [-0.39, 0.29) is 0 Å². The summed E-state index contributed by atoms with van der Waals surface area (Å²) in [6.07, 6.45) is 4.21. The van der Waals surface area contributed by atoms with Gasteiger partial charge in [0, 0.05) is 18.6 Å². The summed E-state index contributed by atoms with van der Waals surface area (Å²) < 4.78 is 0. The van der Waals surface area contributed by atoms with E-state index in [1.54, 1.807) is 0 Å². The molecule has 88 valence electrons. The first-order valence-electron chi connectivity index (χ1n) is 6.66. The highest BCUT2D eigenvalue weighted by molar-refractivity contribution is 4.88. The second-order valence-electron chi connectivity index (χ2n) is 5.74. The second kappa shape index (κ2) is 4.84. The van der Waals surface area contributed by atoms with Crippen molar-refractivity contribution in [1.29, 1.82) is 0 Å². The predicted octanol–water partition coefficient (Wildman–Crippen LogP) is 2.10. The van der Waals surface area contributed by atoms with Gasteiger partial charge in [-0.25, -0.2) is 0 Å². The minimum atomic E-state index is 0.735. The van der Waals surface area contributed by atoms with Crippen molar-refractivity contribution in [3.05, 3.63) is 0 Å². The average molecular weight is 210 g/mol. The van der Waals surface area contributed by atoms with E-state index >= 15 is 0 Å². The Bertz CT molecular complexity index is 203. The molecule has 1 N–H and O–H groups in total. The van der Waals surface area contributed by atoms with Crippen LogP contribution >= 0.6 is 0 Å². The van der Waals surface area contributed by atoms with Crippen molar-refractivity contribution in [2.24, 2.45) is 11.8 Å². The maximum Gasteiger partial charge on any atom is 0.0119 e. The van der Waals surface area contributed by atoms with E-state index in [0.717, 1.165) is 23.9 Å². The van der Waals surface area contributed by atoms with Gasteiger partial charge in [0.25, 0.3) is 0 Å². The van der Waals surface area contributed by atoms with Crippen LogP contribution in [0, 0.1) is 11.8 Å². The van der Waals surface area contributed by atoms with Gasteiger partial charge in [0.2, 0.25) is 0 Å². The van der Waals surface area contributed by atoms with E-state index in [2.05, 4.69) is 31.0 Å². The van der Waals surface area contributed by atoms with Crippen molar-refractivity contribution in [3.8, 4) is 0 Å². The van der Waals surface area contributed by atoms with Crippen molar-refractivity contribution in [3.63, 3.8) is 0 Å². The van der Waals surface area contributed by atoms with Crippen molar-refractivity contribution in [2.75, 3.05) is 19.6 Å². The summed E-state index contributed by atoms with van der Waals surface area (Å²) in [6.45, 7) is 11.0. The Hall–Kier alpha value is -0.0800. The molecule has 2 nitrogen and oxygen atoms in total. The highest BCUT2D eigenvalue weighted by atomic mass is 15.2. The molecule has 0 amide bonds. The third-order valence-electron chi connectivity index (χ3n) is 4.34. The van der Waals surface area contributed by atoms with Gasteiger partial charge >= 0.3 is 0 Å². The molecule has 2 heteroatoms. The number of rotatable bonds is 3. The van der Waals surface area contributed by atoms with Crippen LogP contribution in [0.15, 0.2) is 0 Å². The molecule has 2 heterocycles. The summed E-state index contributed by atoms with van der Waals surface area (Å²) in [6, 6.07) is 1.59. The Labute approximate surface area is 94.4 Å². The molecule has 0 spiro atoms. The summed E-state index contributed by atoms with van der Waals surface area (Å²) in [5.74, 6) is 1.72. The van der Waals surface area contributed by atoms with Crippen LogP contribution in [0.25, 0.3) is 0 Å². The standard InChI is InChI=1S/C13H26N2/c1-10(2)13-5-4-8-15(13)9-12-6-7-14-11(12)3/h10-14H,4-9H2,1-3H3. The fourth-order valence-corrected chi connectivity index (χ4v) is 3.30. The first-order chi connectivity index (χ1) is 7.18. The number of hydrogen-bond acceptors (Lipinski definition) is 2. The lowest BCUT2D eigenvalue weighted by Crippen LogP contribution is -2.39. The molecule has 0 aromatic rings. The molecular weight excluding hydrogens is 184 g/mol. The largest absolute Gasteiger partial charge is 0.314 e. The van der Waals surface area contributed by atoms with E-state index in [0.29, 0.717) is 0 Å². The lowest BCUT2D eigenvalue weighted by molar-refractivity contribution is 0.173. The highest BCUT2D eigenvalue weighted by Gasteiger charge is 2.31. The van der Waals surface area contributed by atoms with Gasteiger partial charge < -0.3 is 5.32 Å². The topological polar surface area (TPSA) is 15.3 Å². The van der Waals surface area contributed by atoms with Crippen molar-refractivity contribution < 1.29 is 0 Å². The average Bonchev–Trinajstić information content (AvgIpc) is 2.77. The van der Waals surface area contributed by atoms with E-state index in [9.17, 15) is 0 Å². The number of nitrogens with zero attached hydrogens (tertiary/aromatic N) is 1. The Morgan fingerprint density at radius 3 is 2.73 bits per heavy atom. The monoisotopic (exact) mass is 210 g/mol. The van der Waals surface area contributed by atoms with Crippen LogP contribution in [0.3, 0.4) is 0 Å². The summed E-state index contributed by atoms with van der Waals surface area (Å²) >= 11 is 0. The molecule has 3 unspecified atom stereocenters. The first-order valence-corrected chi connectivity index (χ1v) is 6.66. The third-order valence-corrected chi connectivity index (χ3v) is 4.34. The fraction of sp³-hybridized carbons (Fsp3) is 1.00. The molecule has 2 aliphatic rings. The van der Waals surface area contributed by atoms with E-state index < -0.39 is 0 Å². The molecule has 2 saturated heterocycles. The van der Waals surface area contributed by atoms with Crippen LogP contribution in [0.2, 0.25) is 0 Å². The van der Waals surface area contributed by atoms with Crippen LogP contribution in [-0.2, 0) is 0 Å². The van der Waals surface area contributed by atoms with Crippen molar-refractivity contribution >= 4 is 0 Å². The zero-order valence-corrected chi connectivity index (χ0v) is 10.5. The van der Waals surface area contributed by atoms with Crippen LogP contribution < -0.4 is 5.32 Å². The molecule has 15 heavy (non-hydrogen) atoms. The van der Waals surface area contributed by atoms with Crippen LogP contribution in [0.5, 0.6) is 0 Å². The van der Waals surface area contributed by atoms with Gasteiger partial charge in [-0.1, -0.05) is 13.8 Å². The summed E-state index contributed by atoms with van der Waals surface area (Å²) in [4.78, 5) is 2.75. The molecule has 0 radical (unpaired) electrons. The van der Waals surface area contributed by atoms with Gasteiger partial charge in [0.05, 0.1) is 0 Å². The fourth-order valence-electron chi connectivity index (χ4n) is 3.30. The van der Waals surface area contributed by atoms with Crippen LogP contribution in [0.4, 0.5) is 0 Å². The minimum absolute atomic E-state index is 0.735. The Kier molecular flexibility index (Phi) is 3.68. The summed E-state index contributed by atoms with van der Waals surface area (Å²) in [5.41, 5.74) is 0. The molecule has 0 aliphatic carbocycles. The maximum absolute atomic E-state index is 3.56. The smallest absolute Gasteiger partial charge is 0.0119 e. The zero-order valence-electron chi connectivity index (χ0n) is 10.5. The summed E-state index contributed by atoms with van der Waals surface area (Å²) in [7, 11) is 0. The van der Waals surface area contributed by atoms with Crippen molar-refractivity contribution in [2.45, 2.75) is 52.1 Å². The highest BCUT2D eigenvalue weighted by Crippen LogP contribution is 2.27. The molecule has 0 aromatic heterocycles. The lowest BCUT2D eigenvalue weighted by Gasteiger charge is -2.31. The zero-order chi connectivity index (χ0) is 10.8. The molecular formula is C13H26N2. The van der Waals surface area contributed by atoms with E-state index in [1.165, 1.54) is 38.9 Å². The van der Waals surface area contributed by atoms with Gasteiger partial charge in [-0.2, -0.15) is 0 Å².